The number of rotatable bonds is 4. The van der Waals surface area contributed by atoms with Crippen molar-refractivity contribution in [3.63, 3.8) is 0 Å². The van der Waals surface area contributed by atoms with Crippen LogP contribution in [0.1, 0.15) is 23.0 Å². The number of furan rings is 1. The summed E-state index contributed by atoms with van der Waals surface area (Å²) in [6.07, 6.45) is 1.44. The number of aryl methyl sites for hydroxylation is 1. The molecule has 1 saturated heterocycles. The average molecular weight is 239 g/mol. The lowest BCUT2D eigenvalue weighted by Gasteiger charge is -2.18. The number of ether oxygens (including phenoxy) is 2. The number of amides is 1. The van der Waals surface area contributed by atoms with E-state index in [2.05, 4.69) is 5.32 Å². The Kier molecular flexibility index (Phi) is 3.81. The molecule has 0 spiro atoms. The topological polar surface area (TPSA) is 60.7 Å². The predicted octanol–water partition coefficient (Wildman–Crippen LogP) is 1.12. The van der Waals surface area contributed by atoms with E-state index in [-0.39, 0.29) is 18.1 Å². The Labute approximate surface area is 100 Å². The molecule has 5 heteroatoms. The highest BCUT2D eigenvalue weighted by molar-refractivity contribution is 5.93. The highest BCUT2D eigenvalue weighted by Crippen LogP contribution is 2.13. The van der Waals surface area contributed by atoms with Gasteiger partial charge in [0.2, 0.25) is 0 Å². The maximum atomic E-state index is 11.9. The van der Waals surface area contributed by atoms with Gasteiger partial charge in [-0.2, -0.15) is 0 Å². The maximum absolute atomic E-state index is 11.9. The van der Waals surface area contributed by atoms with Gasteiger partial charge in [-0.1, -0.05) is 0 Å². The van der Waals surface area contributed by atoms with E-state index in [1.165, 1.54) is 6.26 Å². The lowest BCUT2D eigenvalue weighted by Crippen LogP contribution is -2.43. The van der Waals surface area contributed by atoms with Crippen molar-refractivity contribution >= 4 is 5.91 Å². The first-order valence-electron chi connectivity index (χ1n) is 5.76. The monoisotopic (exact) mass is 239 g/mol. The molecule has 1 fully saturated rings. The summed E-state index contributed by atoms with van der Waals surface area (Å²) in [5, 5.41) is 2.87. The molecule has 1 aromatic rings. The van der Waals surface area contributed by atoms with Gasteiger partial charge in [0.1, 0.15) is 6.10 Å². The van der Waals surface area contributed by atoms with Crippen molar-refractivity contribution in [1.82, 2.24) is 5.32 Å². The number of hydrogen-bond acceptors (Lipinski definition) is 4. The van der Waals surface area contributed by atoms with Gasteiger partial charge in [0, 0.05) is 12.2 Å². The molecule has 1 aromatic heterocycles. The van der Waals surface area contributed by atoms with Crippen LogP contribution in [0.4, 0.5) is 0 Å². The zero-order valence-corrected chi connectivity index (χ0v) is 10.1. The van der Waals surface area contributed by atoms with E-state index in [4.69, 9.17) is 13.9 Å². The fourth-order valence-electron chi connectivity index (χ4n) is 1.89. The van der Waals surface area contributed by atoms with Crippen LogP contribution >= 0.6 is 0 Å². The Morgan fingerprint density at radius 1 is 1.59 bits per heavy atom. The van der Waals surface area contributed by atoms with Crippen molar-refractivity contribution in [1.29, 1.82) is 0 Å². The minimum Gasteiger partial charge on any atom is -0.459 e. The molecule has 2 atom stereocenters. The van der Waals surface area contributed by atoms with Crippen LogP contribution in [0.2, 0.25) is 0 Å². The third-order valence-electron chi connectivity index (χ3n) is 2.79. The van der Waals surface area contributed by atoms with Gasteiger partial charge in [0.15, 0.2) is 5.76 Å². The summed E-state index contributed by atoms with van der Waals surface area (Å²) in [5.74, 6) is 0.139. The first kappa shape index (κ1) is 12.1. The van der Waals surface area contributed by atoms with Gasteiger partial charge in [-0.25, -0.2) is 0 Å². The molecule has 2 heterocycles. The second-order valence-corrected chi connectivity index (χ2v) is 4.04. The summed E-state index contributed by atoms with van der Waals surface area (Å²) in [6, 6.07) is 1.66. The molecular formula is C12H17NO4. The van der Waals surface area contributed by atoms with Crippen molar-refractivity contribution in [3.8, 4) is 0 Å². The van der Waals surface area contributed by atoms with Crippen LogP contribution in [-0.4, -0.2) is 37.9 Å². The summed E-state index contributed by atoms with van der Waals surface area (Å²) >= 11 is 0. The SMILES string of the molecule is CCO[C@H]1COC[C@@H]1NC(=O)c1occc1C. The molecule has 0 aromatic carbocycles. The summed E-state index contributed by atoms with van der Waals surface area (Å²) in [6.45, 7) is 5.38. The van der Waals surface area contributed by atoms with Crippen LogP contribution in [0, 0.1) is 6.92 Å². The van der Waals surface area contributed by atoms with Gasteiger partial charge in [0.25, 0.3) is 5.91 Å². The van der Waals surface area contributed by atoms with Gasteiger partial charge in [-0.05, 0) is 19.9 Å². The minimum atomic E-state index is -0.215. The van der Waals surface area contributed by atoms with Crippen molar-refractivity contribution in [2.75, 3.05) is 19.8 Å². The van der Waals surface area contributed by atoms with Crippen LogP contribution in [0.5, 0.6) is 0 Å². The third-order valence-corrected chi connectivity index (χ3v) is 2.79. The Morgan fingerprint density at radius 3 is 3.06 bits per heavy atom. The van der Waals surface area contributed by atoms with Gasteiger partial charge in [-0.3, -0.25) is 4.79 Å². The zero-order valence-electron chi connectivity index (χ0n) is 10.1. The molecule has 0 unspecified atom stereocenters. The molecule has 1 aliphatic heterocycles. The standard InChI is InChI=1S/C12H17NO4/c1-3-16-10-7-15-6-9(10)13-12(14)11-8(2)4-5-17-11/h4-5,9-10H,3,6-7H2,1-2H3,(H,13,14)/t9-,10-/m0/s1. The Hall–Kier alpha value is -1.33. The fourth-order valence-corrected chi connectivity index (χ4v) is 1.89. The molecular weight excluding hydrogens is 222 g/mol. The van der Waals surface area contributed by atoms with E-state index in [1.807, 2.05) is 13.8 Å². The summed E-state index contributed by atoms with van der Waals surface area (Å²) in [4.78, 5) is 11.9. The largest absolute Gasteiger partial charge is 0.459 e. The van der Waals surface area contributed by atoms with Crippen LogP contribution in [0.3, 0.4) is 0 Å². The van der Waals surface area contributed by atoms with Gasteiger partial charge >= 0.3 is 0 Å². The fraction of sp³-hybridized carbons (Fsp3) is 0.583. The molecule has 0 aliphatic carbocycles. The van der Waals surface area contributed by atoms with Crippen molar-refractivity contribution in [2.45, 2.75) is 26.0 Å². The minimum absolute atomic E-state index is 0.0702. The first-order valence-corrected chi connectivity index (χ1v) is 5.76. The van der Waals surface area contributed by atoms with Crippen molar-refractivity contribution in [2.24, 2.45) is 0 Å². The highest BCUT2D eigenvalue weighted by atomic mass is 16.5. The number of hydrogen-bond donors (Lipinski definition) is 1. The summed E-state index contributed by atoms with van der Waals surface area (Å²) in [7, 11) is 0. The lowest BCUT2D eigenvalue weighted by atomic mass is 10.2. The molecule has 1 aliphatic rings. The van der Waals surface area contributed by atoms with Crippen LogP contribution in [0.25, 0.3) is 0 Å². The Bertz CT molecular complexity index is 388. The predicted molar refractivity (Wildman–Crippen MR) is 60.9 cm³/mol. The number of carbonyl (C=O) groups excluding carboxylic acids is 1. The van der Waals surface area contributed by atoms with Crippen LogP contribution < -0.4 is 5.32 Å². The van der Waals surface area contributed by atoms with Gasteiger partial charge < -0.3 is 19.2 Å². The smallest absolute Gasteiger partial charge is 0.287 e. The second kappa shape index (κ2) is 5.33. The maximum Gasteiger partial charge on any atom is 0.287 e. The quantitative estimate of drug-likeness (QED) is 0.855. The van der Waals surface area contributed by atoms with Crippen LogP contribution in [0.15, 0.2) is 16.7 Å². The van der Waals surface area contributed by atoms with E-state index in [9.17, 15) is 4.79 Å². The Balaban J connectivity index is 1.97. The molecule has 0 bridgehead atoms. The normalized spacial score (nSPS) is 23.9. The summed E-state index contributed by atoms with van der Waals surface area (Å²) < 4.78 is 15.9. The molecule has 2 rings (SSSR count). The third kappa shape index (κ3) is 2.68. The molecule has 5 nitrogen and oxygen atoms in total. The number of nitrogens with one attached hydrogen (secondary N) is 1. The first-order chi connectivity index (χ1) is 8.22. The van der Waals surface area contributed by atoms with Crippen molar-refractivity contribution < 1.29 is 18.7 Å². The molecule has 1 amide bonds. The van der Waals surface area contributed by atoms with E-state index < -0.39 is 0 Å². The Morgan fingerprint density at radius 2 is 2.41 bits per heavy atom. The van der Waals surface area contributed by atoms with E-state index >= 15 is 0 Å². The molecule has 94 valence electrons. The van der Waals surface area contributed by atoms with Gasteiger partial charge in [0.05, 0.1) is 25.5 Å². The van der Waals surface area contributed by atoms with E-state index in [0.29, 0.717) is 25.6 Å². The molecule has 1 N–H and O–H groups in total. The molecule has 17 heavy (non-hydrogen) atoms. The number of carbonyl (C=O) groups is 1. The van der Waals surface area contributed by atoms with Gasteiger partial charge in [-0.15, -0.1) is 0 Å². The van der Waals surface area contributed by atoms with E-state index in [1.54, 1.807) is 6.07 Å². The zero-order chi connectivity index (χ0) is 12.3. The average Bonchev–Trinajstić information content (AvgIpc) is 2.89. The molecule has 0 saturated carbocycles. The van der Waals surface area contributed by atoms with E-state index in [0.717, 1.165) is 5.56 Å². The lowest BCUT2D eigenvalue weighted by molar-refractivity contribution is 0.0399. The van der Waals surface area contributed by atoms with Crippen LogP contribution in [-0.2, 0) is 9.47 Å². The summed E-state index contributed by atoms with van der Waals surface area (Å²) in [5.41, 5.74) is 0.828. The van der Waals surface area contributed by atoms with Crippen molar-refractivity contribution in [3.05, 3.63) is 23.7 Å². The molecule has 0 radical (unpaired) electrons. The highest BCUT2D eigenvalue weighted by Gasteiger charge is 2.31. The second-order valence-electron chi connectivity index (χ2n) is 4.04.